The number of aliphatic hydroxyl groups excluding tert-OH is 2. The Hall–Kier alpha value is -3.41. The van der Waals surface area contributed by atoms with E-state index in [0.29, 0.717) is 16.8 Å². The number of ether oxygens (including phenoxy) is 1. The third kappa shape index (κ3) is 3.34. The molecule has 36 heavy (non-hydrogen) atoms. The van der Waals surface area contributed by atoms with Crippen molar-refractivity contribution in [3.05, 3.63) is 39.7 Å². The topological polar surface area (TPSA) is 174 Å². The zero-order valence-electron chi connectivity index (χ0n) is 20.8. The van der Waals surface area contributed by atoms with Gasteiger partial charge in [0.25, 0.3) is 5.91 Å². The molecule has 2 unspecified atom stereocenters. The van der Waals surface area contributed by atoms with Crippen LogP contribution in [-0.4, -0.2) is 89.7 Å². The molecule has 4 atom stereocenters. The van der Waals surface area contributed by atoms with Crippen molar-refractivity contribution < 1.29 is 39.5 Å². The van der Waals surface area contributed by atoms with Gasteiger partial charge in [0.2, 0.25) is 5.78 Å². The summed E-state index contributed by atoms with van der Waals surface area (Å²) >= 11 is 0. The lowest BCUT2D eigenvalue weighted by Gasteiger charge is -2.50. The molecule has 0 aliphatic heterocycles. The lowest BCUT2D eigenvalue weighted by atomic mass is 9.57. The van der Waals surface area contributed by atoms with Gasteiger partial charge in [-0.25, -0.2) is 0 Å². The Morgan fingerprint density at radius 3 is 2.36 bits per heavy atom. The number of Topliss-reactive ketones (excluding diaryl/α,β-unsaturated/α-hetero) is 2. The predicted molar refractivity (Wildman–Crippen MR) is 129 cm³/mol. The van der Waals surface area contributed by atoms with Crippen LogP contribution in [-0.2, 0) is 32.1 Å². The Bertz CT molecular complexity index is 1250. The molecule has 0 aromatic heterocycles. The van der Waals surface area contributed by atoms with Crippen LogP contribution in [0.25, 0.3) is 5.76 Å². The number of fused-ring (bicyclic) bond motifs is 3. The third-order valence-corrected chi connectivity index (χ3v) is 7.56. The number of hydrogen-bond acceptors (Lipinski definition) is 10. The molecule has 1 aromatic rings. The number of carbonyl (C=O) groups is 3. The first-order valence-corrected chi connectivity index (χ1v) is 11.5. The number of likely N-dealkylation sites (N-methyl/N-ethyl adjacent to an activating group) is 1. The van der Waals surface area contributed by atoms with Crippen molar-refractivity contribution in [3.63, 3.8) is 0 Å². The second kappa shape index (κ2) is 8.61. The number of ketones is 2. The minimum atomic E-state index is -2.66. The Labute approximate surface area is 208 Å². The van der Waals surface area contributed by atoms with E-state index >= 15 is 0 Å². The number of primary amides is 1. The Morgan fingerprint density at radius 1 is 1.19 bits per heavy atom. The molecular weight excluding hydrogens is 470 g/mol. The normalized spacial score (nSPS) is 27.7. The molecule has 1 aromatic carbocycles. The Balaban J connectivity index is 2.00. The Morgan fingerprint density at radius 2 is 1.83 bits per heavy atom. The van der Waals surface area contributed by atoms with Gasteiger partial charge in [-0.3, -0.25) is 19.3 Å². The maximum Gasteiger partial charge on any atom is 0.255 e. The summed E-state index contributed by atoms with van der Waals surface area (Å²) in [6.07, 6.45) is 0.266. The van der Waals surface area contributed by atoms with Gasteiger partial charge in [-0.15, -0.1) is 0 Å². The molecule has 1 saturated carbocycles. The van der Waals surface area contributed by atoms with E-state index in [1.807, 2.05) is 4.90 Å². The molecule has 1 amide bonds. The van der Waals surface area contributed by atoms with Gasteiger partial charge in [-0.05, 0) is 44.5 Å². The molecule has 3 aliphatic rings. The number of aliphatic hydroxyl groups is 3. The van der Waals surface area contributed by atoms with Crippen molar-refractivity contribution in [2.75, 3.05) is 40.2 Å². The number of methoxy groups -OCH3 is 1. The van der Waals surface area contributed by atoms with E-state index in [-0.39, 0.29) is 36.3 Å². The summed E-state index contributed by atoms with van der Waals surface area (Å²) in [6, 6.07) is 0.630. The van der Waals surface area contributed by atoms with Crippen LogP contribution in [0.3, 0.4) is 0 Å². The lowest BCUT2D eigenvalue weighted by Crippen LogP contribution is -2.65. The molecule has 0 radical (unpaired) electrons. The van der Waals surface area contributed by atoms with Gasteiger partial charge in [0.1, 0.15) is 22.8 Å². The molecule has 194 valence electrons. The van der Waals surface area contributed by atoms with Crippen molar-refractivity contribution in [2.45, 2.75) is 31.1 Å². The highest BCUT2D eigenvalue weighted by molar-refractivity contribution is 6.24. The second-order valence-electron chi connectivity index (χ2n) is 10.0. The summed E-state index contributed by atoms with van der Waals surface area (Å²) in [4.78, 5) is 42.3. The highest BCUT2D eigenvalue weighted by Gasteiger charge is 2.64. The number of carbonyl (C=O) groups excluding carboxylic acids is 3. The highest BCUT2D eigenvalue weighted by Crippen LogP contribution is 2.54. The van der Waals surface area contributed by atoms with Crippen LogP contribution in [0.5, 0.6) is 5.75 Å². The fourth-order valence-electron chi connectivity index (χ4n) is 6.01. The lowest BCUT2D eigenvalue weighted by molar-refractivity contribution is -0.153. The molecule has 11 nitrogen and oxygen atoms in total. The van der Waals surface area contributed by atoms with Gasteiger partial charge in [0, 0.05) is 43.9 Å². The number of nitrogens with two attached hydrogens (primary N) is 1. The second-order valence-corrected chi connectivity index (χ2v) is 10.0. The number of benzene rings is 1. The first-order chi connectivity index (χ1) is 16.8. The van der Waals surface area contributed by atoms with E-state index in [1.165, 1.54) is 12.0 Å². The standard InChI is InChI=1S/C25H31N3O8/c1-27(2)14-8-11(9-36-5)19(29)16-12(14)6-10-7-13-18(28(3)4)21(31)17(24(26)34)23(33)25(13,35)22(32)15(10)20(16)30/h8,10,13,18,29-30,33,35H,6-7,9H2,1-5H3,(H2,26,34)/t10?,13?,18-,25-/m0/s1. The first-order valence-electron chi connectivity index (χ1n) is 11.5. The summed E-state index contributed by atoms with van der Waals surface area (Å²) in [5.74, 6) is -6.71. The largest absolute Gasteiger partial charge is 0.508 e. The number of anilines is 1. The summed E-state index contributed by atoms with van der Waals surface area (Å²) in [7, 11) is 8.19. The summed E-state index contributed by atoms with van der Waals surface area (Å²) in [5.41, 5.74) is 3.40. The number of aromatic hydroxyl groups is 1. The van der Waals surface area contributed by atoms with Crippen molar-refractivity contribution in [2.24, 2.45) is 17.6 Å². The Kier molecular flexibility index (Phi) is 6.14. The molecule has 1 fully saturated rings. The minimum absolute atomic E-state index is 0.0409. The zero-order valence-corrected chi connectivity index (χ0v) is 20.8. The van der Waals surface area contributed by atoms with Crippen LogP contribution >= 0.6 is 0 Å². The van der Waals surface area contributed by atoms with Crippen molar-refractivity contribution in [1.29, 1.82) is 0 Å². The summed E-state index contributed by atoms with van der Waals surface area (Å²) < 4.78 is 5.17. The molecule has 0 bridgehead atoms. The van der Waals surface area contributed by atoms with Crippen LogP contribution in [0.1, 0.15) is 23.1 Å². The van der Waals surface area contributed by atoms with Crippen molar-refractivity contribution >= 4 is 28.9 Å². The van der Waals surface area contributed by atoms with Gasteiger partial charge < -0.3 is 35.8 Å². The smallest absolute Gasteiger partial charge is 0.255 e. The fourth-order valence-corrected chi connectivity index (χ4v) is 6.01. The first kappa shape index (κ1) is 25.7. The molecule has 0 saturated heterocycles. The van der Waals surface area contributed by atoms with Crippen LogP contribution in [0.4, 0.5) is 5.69 Å². The number of nitrogens with zero attached hydrogens (tertiary/aromatic N) is 2. The average molecular weight is 502 g/mol. The van der Waals surface area contributed by atoms with Crippen molar-refractivity contribution in [1.82, 2.24) is 4.90 Å². The minimum Gasteiger partial charge on any atom is -0.508 e. The van der Waals surface area contributed by atoms with Crippen LogP contribution < -0.4 is 10.6 Å². The number of amides is 1. The van der Waals surface area contributed by atoms with Crippen LogP contribution in [0, 0.1) is 11.8 Å². The van der Waals surface area contributed by atoms with Gasteiger partial charge in [0.05, 0.1) is 18.2 Å². The molecule has 3 aliphatic carbocycles. The van der Waals surface area contributed by atoms with Gasteiger partial charge >= 0.3 is 0 Å². The van der Waals surface area contributed by atoms with Crippen LogP contribution in [0.15, 0.2) is 23.0 Å². The third-order valence-electron chi connectivity index (χ3n) is 7.56. The quantitative estimate of drug-likeness (QED) is 0.350. The summed E-state index contributed by atoms with van der Waals surface area (Å²) in [5, 5.41) is 44.9. The maximum absolute atomic E-state index is 13.9. The van der Waals surface area contributed by atoms with E-state index in [2.05, 4.69) is 0 Å². The predicted octanol–water partition coefficient (Wildman–Crippen LogP) is 0.176. The molecule has 0 spiro atoms. The van der Waals surface area contributed by atoms with Crippen LogP contribution in [0.2, 0.25) is 0 Å². The van der Waals surface area contributed by atoms with Crippen molar-refractivity contribution in [3.8, 4) is 5.75 Å². The maximum atomic E-state index is 13.9. The number of phenols is 1. The van der Waals surface area contributed by atoms with E-state index in [9.17, 15) is 34.8 Å². The molecular formula is C25H31N3O8. The SMILES string of the molecule is COCc1cc(N(C)C)c2c(c1O)C(O)=C1C(=O)[C@]3(O)C(O)=C(C(N)=O)C(=O)[C@@H](N(C)C)C3CC1C2. The molecule has 4 rings (SSSR count). The number of phenolic OH excluding ortho intramolecular Hbond substituents is 1. The van der Waals surface area contributed by atoms with Gasteiger partial charge in [-0.1, -0.05) is 0 Å². The van der Waals surface area contributed by atoms with E-state index in [1.54, 1.807) is 34.3 Å². The van der Waals surface area contributed by atoms with Gasteiger partial charge in [0.15, 0.2) is 11.4 Å². The van der Waals surface area contributed by atoms with Gasteiger partial charge in [-0.2, -0.15) is 0 Å². The summed E-state index contributed by atoms with van der Waals surface area (Å²) in [6.45, 7) is 0.0457. The molecule has 11 heteroatoms. The monoisotopic (exact) mass is 501 g/mol. The number of rotatable bonds is 5. The highest BCUT2D eigenvalue weighted by atomic mass is 16.5. The van der Waals surface area contributed by atoms with E-state index in [4.69, 9.17) is 10.5 Å². The zero-order chi connectivity index (χ0) is 26.9. The molecule has 6 N–H and O–H groups in total. The van der Waals surface area contributed by atoms with E-state index < -0.39 is 58.0 Å². The van der Waals surface area contributed by atoms with E-state index in [0.717, 1.165) is 0 Å². The molecule has 0 heterocycles. The fraction of sp³-hybridized carbons (Fsp3) is 0.480. The average Bonchev–Trinajstić information content (AvgIpc) is 2.77. The number of hydrogen-bond donors (Lipinski definition) is 5.